The van der Waals surface area contributed by atoms with Crippen LogP contribution in [-0.2, 0) is 0 Å². The number of carbonyl (C=O) groups is 1. The van der Waals surface area contributed by atoms with Crippen molar-refractivity contribution >= 4 is 29.1 Å². The number of hydrogen-bond donors (Lipinski definition) is 1. The van der Waals surface area contributed by atoms with E-state index in [0.29, 0.717) is 5.56 Å². The van der Waals surface area contributed by atoms with Gasteiger partial charge in [-0.1, -0.05) is 0 Å². The summed E-state index contributed by atoms with van der Waals surface area (Å²) < 4.78 is 5.93. The molecule has 0 radical (unpaired) electrons. The summed E-state index contributed by atoms with van der Waals surface area (Å²) in [6.45, 7) is 0. The molecule has 0 spiro atoms. The molecule has 1 N–H and O–H groups in total. The van der Waals surface area contributed by atoms with Crippen molar-refractivity contribution in [2.45, 2.75) is 18.9 Å². The van der Waals surface area contributed by atoms with Crippen LogP contribution >= 0.6 is 11.8 Å². The fourth-order valence-corrected chi connectivity index (χ4v) is 3.22. The van der Waals surface area contributed by atoms with Crippen LogP contribution in [0.15, 0.2) is 18.5 Å². The van der Waals surface area contributed by atoms with Crippen LogP contribution in [0.1, 0.15) is 23.2 Å². The van der Waals surface area contributed by atoms with Crippen LogP contribution in [0.2, 0.25) is 0 Å². The summed E-state index contributed by atoms with van der Waals surface area (Å²) in [6.07, 6.45) is 6.67. The van der Waals surface area contributed by atoms with Gasteiger partial charge in [-0.15, -0.1) is 0 Å². The third kappa shape index (κ3) is 2.22. The molecule has 0 amide bonds. The van der Waals surface area contributed by atoms with Gasteiger partial charge in [0.05, 0.1) is 6.20 Å². The Bertz CT molecular complexity index is 561. The Hall–Kier alpha value is -1.49. The fourth-order valence-electron chi connectivity index (χ4n) is 2.15. The lowest BCUT2D eigenvalue weighted by molar-refractivity contribution is 0.112. The highest BCUT2D eigenvalue weighted by Crippen LogP contribution is 2.25. The lowest BCUT2D eigenvalue weighted by atomic mass is 10.2. The predicted molar refractivity (Wildman–Crippen MR) is 72.5 cm³/mol. The summed E-state index contributed by atoms with van der Waals surface area (Å²) in [5.41, 5.74) is 1.35. The summed E-state index contributed by atoms with van der Waals surface area (Å²) in [7, 11) is 0. The average Bonchev–Trinajstić information content (AvgIpc) is 2.82. The number of fused-ring (bicyclic) bond motifs is 1. The predicted octanol–water partition coefficient (Wildman–Crippen LogP) is 2.65. The number of aldehydes is 1. The smallest absolute Gasteiger partial charge is 0.152 e. The molecule has 2 aromatic heterocycles. The Morgan fingerprint density at radius 1 is 1.44 bits per heavy atom. The molecule has 0 saturated carbocycles. The van der Waals surface area contributed by atoms with Gasteiger partial charge in [0.15, 0.2) is 6.29 Å². The number of hydrogen-bond acceptors (Lipinski definition) is 4. The highest BCUT2D eigenvalue weighted by Gasteiger charge is 2.16. The number of pyridine rings is 1. The van der Waals surface area contributed by atoms with Crippen molar-refractivity contribution < 1.29 is 9.53 Å². The van der Waals surface area contributed by atoms with E-state index >= 15 is 0 Å². The Kier molecular flexibility index (Phi) is 3.23. The van der Waals surface area contributed by atoms with Gasteiger partial charge in [-0.2, -0.15) is 11.8 Å². The zero-order chi connectivity index (χ0) is 12.4. The minimum atomic E-state index is 0.282. The van der Waals surface area contributed by atoms with E-state index in [2.05, 4.69) is 9.97 Å². The molecule has 4 nitrogen and oxygen atoms in total. The molecular formula is C13H14N2O2S. The Balaban J connectivity index is 1.85. The van der Waals surface area contributed by atoms with E-state index in [4.69, 9.17) is 4.74 Å². The molecule has 3 rings (SSSR count). The third-order valence-electron chi connectivity index (χ3n) is 3.14. The molecule has 94 valence electrons. The molecule has 18 heavy (non-hydrogen) atoms. The van der Waals surface area contributed by atoms with Gasteiger partial charge in [0, 0.05) is 17.1 Å². The monoisotopic (exact) mass is 262 g/mol. The van der Waals surface area contributed by atoms with E-state index in [0.717, 1.165) is 47.4 Å². The number of nitrogens with one attached hydrogen (secondary N) is 1. The minimum Gasteiger partial charge on any atom is -0.489 e. The highest BCUT2D eigenvalue weighted by atomic mass is 32.2. The van der Waals surface area contributed by atoms with Crippen LogP contribution in [-0.4, -0.2) is 33.9 Å². The number of thioether (sulfide) groups is 1. The topological polar surface area (TPSA) is 55.0 Å². The second-order valence-electron chi connectivity index (χ2n) is 4.36. The maximum absolute atomic E-state index is 10.9. The molecule has 0 aliphatic carbocycles. The molecule has 1 saturated heterocycles. The normalized spacial score (nSPS) is 16.9. The molecule has 0 unspecified atom stereocenters. The van der Waals surface area contributed by atoms with Gasteiger partial charge < -0.3 is 9.72 Å². The number of ether oxygens (including phenoxy) is 1. The van der Waals surface area contributed by atoms with Crippen LogP contribution in [0.25, 0.3) is 11.0 Å². The second kappa shape index (κ2) is 5.02. The number of H-pyrrole nitrogens is 1. The van der Waals surface area contributed by atoms with E-state index in [9.17, 15) is 4.79 Å². The van der Waals surface area contributed by atoms with Crippen molar-refractivity contribution in [1.29, 1.82) is 0 Å². The van der Waals surface area contributed by atoms with Gasteiger partial charge in [-0.3, -0.25) is 4.79 Å². The molecule has 1 aliphatic heterocycles. The maximum atomic E-state index is 10.9. The fraction of sp³-hybridized carbons (Fsp3) is 0.385. The van der Waals surface area contributed by atoms with Crippen LogP contribution in [0, 0.1) is 0 Å². The van der Waals surface area contributed by atoms with E-state index in [1.165, 1.54) is 0 Å². The van der Waals surface area contributed by atoms with Crippen LogP contribution in [0.3, 0.4) is 0 Å². The summed E-state index contributed by atoms with van der Waals surface area (Å²) >= 11 is 1.97. The number of nitrogens with zero attached hydrogens (tertiary/aromatic N) is 1. The quantitative estimate of drug-likeness (QED) is 0.864. The Labute approximate surface area is 109 Å². The van der Waals surface area contributed by atoms with E-state index < -0.39 is 0 Å². The van der Waals surface area contributed by atoms with Crippen molar-refractivity contribution in [3.63, 3.8) is 0 Å². The zero-order valence-corrected chi connectivity index (χ0v) is 10.7. The lowest BCUT2D eigenvalue weighted by Gasteiger charge is -2.22. The SMILES string of the molecule is O=Cc1c[nH]c2ncc(OC3CCSCC3)cc12. The minimum absolute atomic E-state index is 0.282. The molecule has 5 heteroatoms. The highest BCUT2D eigenvalue weighted by molar-refractivity contribution is 7.99. The third-order valence-corrected chi connectivity index (χ3v) is 4.18. The van der Waals surface area contributed by atoms with Crippen molar-refractivity contribution in [1.82, 2.24) is 9.97 Å². The Morgan fingerprint density at radius 3 is 3.06 bits per heavy atom. The molecule has 2 aromatic rings. The molecule has 0 atom stereocenters. The van der Waals surface area contributed by atoms with Gasteiger partial charge in [0.2, 0.25) is 0 Å². The first-order chi connectivity index (χ1) is 8.86. The first kappa shape index (κ1) is 11.6. The number of aromatic amines is 1. The molecule has 0 aromatic carbocycles. The standard InChI is InChI=1S/C13H14N2O2S/c16-8-9-6-14-13-12(9)5-11(7-15-13)17-10-1-3-18-4-2-10/h5-8,10H,1-4H2,(H,14,15). The summed E-state index contributed by atoms with van der Waals surface area (Å²) in [4.78, 5) is 18.1. The van der Waals surface area contributed by atoms with Crippen molar-refractivity contribution in [3.05, 3.63) is 24.0 Å². The second-order valence-corrected chi connectivity index (χ2v) is 5.58. The first-order valence-corrected chi connectivity index (χ1v) is 7.19. The van der Waals surface area contributed by atoms with Crippen molar-refractivity contribution in [2.24, 2.45) is 0 Å². The lowest BCUT2D eigenvalue weighted by Crippen LogP contribution is -2.22. The maximum Gasteiger partial charge on any atom is 0.152 e. The van der Waals surface area contributed by atoms with E-state index in [1.54, 1.807) is 12.4 Å². The number of aromatic nitrogens is 2. The molecule has 0 bridgehead atoms. The van der Waals surface area contributed by atoms with Gasteiger partial charge >= 0.3 is 0 Å². The van der Waals surface area contributed by atoms with E-state index in [-0.39, 0.29) is 6.10 Å². The van der Waals surface area contributed by atoms with Gasteiger partial charge in [0.25, 0.3) is 0 Å². The molecule has 1 fully saturated rings. The van der Waals surface area contributed by atoms with Gasteiger partial charge in [-0.05, 0) is 30.4 Å². The molecule has 1 aliphatic rings. The van der Waals surface area contributed by atoms with Crippen molar-refractivity contribution in [2.75, 3.05) is 11.5 Å². The largest absolute Gasteiger partial charge is 0.489 e. The summed E-state index contributed by atoms with van der Waals surface area (Å²) in [6, 6.07) is 1.89. The summed E-state index contributed by atoms with van der Waals surface area (Å²) in [5, 5.41) is 0.827. The van der Waals surface area contributed by atoms with Crippen molar-refractivity contribution in [3.8, 4) is 5.75 Å². The number of carbonyl (C=O) groups excluding carboxylic acids is 1. The van der Waals surface area contributed by atoms with Gasteiger partial charge in [-0.25, -0.2) is 4.98 Å². The zero-order valence-electron chi connectivity index (χ0n) is 9.89. The first-order valence-electron chi connectivity index (χ1n) is 6.03. The Morgan fingerprint density at radius 2 is 2.28 bits per heavy atom. The molecule has 3 heterocycles. The molecular weight excluding hydrogens is 248 g/mol. The summed E-state index contributed by atoms with van der Waals surface area (Å²) in [5.74, 6) is 3.07. The average molecular weight is 262 g/mol. The number of rotatable bonds is 3. The van der Waals surface area contributed by atoms with E-state index in [1.807, 2.05) is 17.8 Å². The van der Waals surface area contributed by atoms with Crippen LogP contribution < -0.4 is 4.74 Å². The van der Waals surface area contributed by atoms with Crippen LogP contribution in [0.4, 0.5) is 0 Å². The van der Waals surface area contributed by atoms with Crippen LogP contribution in [0.5, 0.6) is 5.75 Å². The van der Waals surface area contributed by atoms with Gasteiger partial charge in [0.1, 0.15) is 17.5 Å².